The van der Waals surface area contributed by atoms with Gasteiger partial charge in [0, 0.05) is 17.8 Å². The molecule has 2 aromatic rings. The Morgan fingerprint density at radius 3 is 2.75 bits per heavy atom. The van der Waals surface area contributed by atoms with Crippen molar-refractivity contribution in [2.24, 2.45) is 0 Å². The number of nitrogens with one attached hydrogen (secondary N) is 1. The molecule has 2 rings (SSSR count). The van der Waals surface area contributed by atoms with E-state index in [-0.39, 0.29) is 10.7 Å². The zero-order chi connectivity index (χ0) is 11.7. The molecule has 1 aromatic heterocycles. The molecule has 0 spiro atoms. The molecule has 82 valence electrons. The second-order valence-corrected chi connectivity index (χ2v) is 3.51. The number of rotatable bonds is 2. The monoisotopic (exact) mass is 237 g/mol. The lowest BCUT2D eigenvalue weighted by atomic mass is 10.1. The van der Waals surface area contributed by atoms with Gasteiger partial charge in [-0.3, -0.25) is 0 Å². The Kier molecular flexibility index (Phi) is 2.62. The summed E-state index contributed by atoms with van der Waals surface area (Å²) < 4.78 is 0. The minimum Gasteiger partial charge on any atom is -0.478 e. The summed E-state index contributed by atoms with van der Waals surface area (Å²) in [6.07, 6.45) is 0. The lowest BCUT2D eigenvalue weighted by Gasteiger charge is -2.05. The molecule has 5 nitrogen and oxygen atoms in total. The molecule has 0 aliphatic carbocycles. The van der Waals surface area contributed by atoms with Gasteiger partial charge in [-0.25, -0.2) is 4.79 Å². The van der Waals surface area contributed by atoms with E-state index < -0.39 is 5.97 Å². The fourth-order valence-electron chi connectivity index (χ4n) is 1.44. The lowest BCUT2D eigenvalue weighted by molar-refractivity contribution is 0.0697. The van der Waals surface area contributed by atoms with Crippen molar-refractivity contribution in [3.05, 3.63) is 28.9 Å². The highest BCUT2D eigenvalue weighted by Crippen LogP contribution is 2.26. The number of fused-ring (bicyclic) bond motifs is 1. The SMILES string of the molecule is CNc1nnc(Cl)c2cc(C(=O)O)ccc12. The van der Waals surface area contributed by atoms with Crippen LogP contribution in [-0.4, -0.2) is 28.3 Å². The third-order valence-electron chi connectivity index (χ3n) is 2.22. The van der Waals surface area contributed by atoms with Crippen LogP contribution in [-0.2, 0) is 0 Å². The van der Waals surface area contributed by atoms with E-state index >= 15 is 0 Å². The van der Waals surface area contributed by atoms with E-state index in [0.717, 1.165) is 5.39 Å². The van der Waals surface area contributed by atoms with Gasteiger partial charge in [-0.15, -0.1) is 10.2 Å². The van der Waals surface area contributed by atoms with Gasteiger partial charge in [-0.2, -0.15) is 0 Å². The van der Waals surface area contributed by atoms with Crippen molar-refractivity contribution in [1.82, 2.24) is 10.2 Å². The van der Waals surface area contributed by atoms with Crippen molar-refractivity contribution >= 4 is 34.2 Å². The van der Waals surface area contributed by atoms with Gasteiger partial charge >= 0.3 is 5.97 Å². The Morgan fingerprint density at radius 1 is 1.38 bits per heavy atom. The second kappa shape index (κ2) is 3.94. The molecule has 0 unspecified atom stereocenters. The van der Waals surface area contributed by atoms with Crippen LogP contribution in [0, 0.1) is 0 Å². The molecule has 6 heteroatoms. The van der Waals surface area contributed by atoms with Crippen LogP contribution in [0.5, 0.6) is 0 Å². The highest BCUT2D eigenvalue weighted by Gasteiger charge is 2.10. The Bertz CT molecular complexity index is 571. The Hall–Kier alpha value is -1.88. The zero-order valence-electron chi connectivity index (χ0n) is 8.36. The van der Waals surface area contributed by atoms with Crippen LogP contribution in [0.4, 0.5) is 5.82 Å². The number of carboxylic acids is 1. The molecule has 0 aliphatic heterocycles. The first kappa shape index (κ1) is 10.6. The number of aromatic carboxylic acids is 1. The first-order valence-electron chi connectivity index (χ1n) is 4.50. The van der Waals surface area contributed by atoms with Crippen molar-refractivity contribution in [3.63, 3.8) is 0 Å². The number of halogens is 1. The zero-order valence-corrected chi connectivity index (χ0v) is 9.12. The number of hydrogen-bond acceptors (Lipinski definition) is 4. The number of carboxylic acid groups (broad SMARTS) is 1. The van der Waals surface area contributed by atoms with E-state index in [4.69, 9.17) is 16.7 Å². The highest BCUT2D eigenvalue weighted by atomic mass is 35.5. The summed E-state index contributed by atoms with van der Waals surface area (Å²) in [4.78, 5) is 10.8. The quantitative estimate of drug-likeness (QED) is 0.836. The third kappa shape index (κ3) is 1.65. The molecule has 0 saturated heterocycles. The molecular weight excluding hydrogens is 230 g/mol. The molecule has 0 saturated carbocycles. The molecule has 0 fully saturated rings. The number of benzene rings is 1. The molecule has 0 aliphatic rings. The maximum atomic E-state index is 10.8. The summed E-state index contributed by atoms with van der Waals surface area (Å²) in [7, 11) is 1.71. The Balaban J connectivity index is 2.77. The van der Waals surface area contributed by atoms with Gasteiger partial charge in [0.25, 0.3) is 0 Å². The van der Waals surface area contributed by atoms with Crippen LogP contribution >= 0.6 is 11.6 Å². The number of nitrogens with zero attached hydrogens (tertiary/aromatic N) is 2. The summed E-state index contributed by atoms with van der Waals surface area (Å²) >= 11 is 5.87. The summed E-state index contributed by atoms with van der Waals surface area (Å²) in [6, 6.07) is 4.64. The van der Waals surface area contributed by atoms with Gasteiger partial charge in [0.05, 0.1) is 5.56 Å². The summed E-state index contributed by atoms with van der Waals surface area (Å²) in [6.45, 7) is 0. The van der Waals surface area contributed by atoms with Gasteiger partial charge in [0.15, 0.2) is 11.0 Å². The minimum atomic E-state index is -0.999. The van der Waals surface area contributed by atoms with Crippen molar-refractivity contribution < 1.29 is 9.90 Å². The number of anilines is 1. The lowest BCUT2D eigenvalue weighted by Crippen LogP contribution is -1.99. The van der Waals surface area contributed by atoms with Gasteiger partial charge in [-0.05, 0) is 18.2 Å². The smallest absolute Gasteiger partial charge is 0.335 e. The van der Waals surface area contributed by atoms with Gasteiger partial charge in [-0.1, -0.05) is 11.6 Å². The average Bonchev–Trinajstić information content (AvgIpc) is 2.29. The number of hydrogen-bond donors (Lipinski definition) is 2. The second-order valence-electron chi connectivity index (χ2n) is 3.15. The molecular formula is C10H8ClN3O2. The Labute approximate surface area is 96.1 Å². The highest BCUT2D eigenvalue weighted by molar-refractivity contribution is 6.34. The molecule has 1 aromatic carbocycles. The fourth-order valence-corrected chi connectivity index (χ4v) is 1.63. The third-order valence-corrected chi connectivity index (χ3v) is 2.50. The Morgan fingerprint density at radius 2 is 2.12 bits per heavy atom. The molecule has 1 heterocycles. The number of aromatic nitrogens is 2. The summed E-state index contributed by atoms with van der Waals surface area (Å²) in [5.74, 6) is -0.433. The maximum Gasteiger partial charge on any atom is 0.335 e. The molecule has 0 atom stereocenters. The van der Waals surface area contributed by atoms with Gasteiger partial charge in [0.1, 0.15) is 0 Å². The van der Waals surface area contributed by atoms with Crippen LogP contribution in [0.1, 0.15) is 10.4 Å². The topological polar surface area (TPSA) is 75.1 Å². The van der Waals surface area contributed by atoms with Gasteiger partial charge in [0.2, 0.25) is 0 Å². The van der Waals surface area contributed by atoms with E-state index in [9.17, 15) is 4.79 Å². The van der Waals surface area contributed by atoms with Crippen LogP contribution in [0.25, 0.3) is 10.8 Å². The van der Waals surface area contributed by atoms with Gasteiger partial charge < -0.3 is 10.4 Å². The normalized spacial score (nSPS) is 10.4. The average molecular weight is 238 g/mol. The standard InChI is InChI=1S/C10H8ClN3O2/c1-12-9-6-3-2-5(10(15)16)4-7(6)8(11)13-14-9/h2-4H,1H3,(H,12,14)(H,15,16). The van der Waals surface area contributed by atoms with Crippen molar-refractivity contribution in [3.8, 4) is 0 Å². The fraction of sp³-hybridized carbons (Fsp3) is 0.100. The first-order chi connectivity index (χ1) is 7.63. The summed E-state index contributed by atoms with van der Waals surface area (Å²) in [5.41, 5.74) is 0.171. The minimum absolute atomic E-state index is 0.171. The first-order valence-corrected chi connectivity index (χ1v) is 4.88. The van der Waals surface area contributed by atoms with Crippen molar-refractivity contribution in [2.75, 3.05) is 12.4 Å². The van der Waals surface area contributed by atoms with E-state index in [1.54, 1.807) is 13.1 Å². The van der Waals surface area contributed by atoms with Crippen LogP contribution in [0.3, 0.4) is 0 Å². The molecule has 2 N–H and O–H groups in total. The van der Waals surface area contributed by atoms with E-state index in [2.05, 4.69) is 15.5 Å². The molecule has 0 amide bonds. The molecule has 0 bridgehead atoms. The largest absolute Gasteiger partial charge is 0.478 e. The van der Waals surface area contributed by atoms with E-state index in [1.165, 1.54) is 12.1 Å². The maximum absolute atomic E-state index is 10.8. The molecule has 0 radical (unpaired) electrons. The predicted octanol–water partition coefficient (Wildman–Crippen LogP) is 2.02. The summed E-state index contributed by atoms with van der Waals surface area (Å²) in [5, 5.41) is 20.8. The van der Waals surface area contributed by atoms with Crippen LogP contribution in [0.2, 0.25) is 5.15 Å². The van der Waals surface area contributed by atoms with E-state index in [0.29, 0.717) is 11.2 Å². The molecule has 16 heavy (non-hydrogen) atoms. The van der Waals surface area contributed by atoms with Crippen molar-refractivity contribution in [1.29, 1.82) is 0 Å². The van der Waals surface area contributed by atoms with Crippen LogP contribution < -0.4 is 5.32 Å². The number of carbonyl (C=O) groups is 1. The van der Waals surface area contributed by atoms with Crippen LogP contribution in [0.15, 0.2) is 18.2 Å². The van der Waals surface area contributed by atoms with E-state index in [1.807, 2.05) is 0 Å². The predicted molar refractivity (Wildman–Crippen MR) is 61.1 cm³/mol. The van der Waals surface area contributed by atoms with Crippen molar-refractivity contribution in [2.45, 2.75) is 0 Å².